The molecule has 104 valence electrons. The quantitative estimate of drug-likeness (QED) is 0.905. The molecule has 20 heavy (non-hydrogen) atoms. The minimum Gasteiger partial charge on any atom is -0.457 e. The minimum atomic E-state index is 0.0744. The van der Waals surface area contributed by atoms with Gasteiger partial charge in [0, 0.05) is 0 Å². The Morgan fingerprint density at radius 3 is 2.40 bits per heavy atom. The highest BCUT2D eigenvalue weighted by atomic mass is 16.5. The van der Waals surface area contributed by atoms with Crippen LogP contribution >= 0.6 is 0 Å². The first-order chi connectivity index (χ1) is 9.76. The molecule has 1 aliphatic rings. The monoisotopic (exact) mass is 268 g/mol. The Hall–Kier alpha value is -1.80. The summed E-state index contributed by atoms with van der Waals surface area (Å²) in [5, 5.41) is 9.19. The largest absolute Gasteiger partial charge is 0.457 e. The summed E-state index contributed by atoms with van der Waals surface area (Å²) < 4.78 is 5.94. The van der Waals surface area contributed by atoms with E-state index in [2.05, 4.69) is 18.2 Å². The molecular weight excluding hydrogens is 248 g/mol. The van der Waals surface area contributed by atoms with Gasteiger partial charge in [-0.1, -0.05) is 12.1 Å². The maximum Gasteiger partial charge on any atom is 0.127 e. The summed E-state index contributed by atoms with van der Waals surface area (Å²) in [6.45, 7) is 2.07. The van der Waals surface area contributed by atoms with E-state index in [1.54, 1.807) is 0 Å². The molecule has 0 saturated heterocycles. The van der Waals surface area contributed by atoms with E-state index >= 15 is 0 Å². The molecular formula is C18H20O2. The fourth-order valence-electron chi connectivity index (χ4n) is 2.82. The van der Waals surface area contributed by atoms with E-state index in [1.165, 1.54) is 30.4 Å². The Morgan fingerprint density at radius 1 is 0.950 bits per heavy atom. The molecule has 1 N–H and O–H groups in total. The second kappa shape index (κ2) is 5.68. The van der Waals surface area contributed by atoms with Crippen molar-refractivity contribution in [2.45, 2.75) is 39.2 Å². The zero-order valence-electron chi connectivity index (χ0n) is 11.9. The van der Waals surface area contributed by atoms with Crippen molar-refractivity contribution in [3.8, 4) is 11.5 Å². The predicted molar refractivity (Wildman–Crippen MR) is 80.3 cm³/mol. The van der Waals surface area contributed by atoms with Crippen molar-refractivity contribution in [2.75, 3.05) is 0 Å². The lowest BCUT2D eigenvalue weighted by Crippen LogP contribution is -2.02. The average molecular weight is 268 g/mol. The van der Waals surface area contributed by atoms with Gasteiger partial charge in [-0.05, 0) is 79.1 Å². The zero-order chi connectivity index (χ0) is 13.9. The number of aryl methyl sites for hydroxylation is 3. The second-order valence-corrected chi connectivity index (χ2v) is 5.49. The maximum absolute atomic E-state index is 9.19. The molecule has 1 aliphatic carbocycles. The van der Waals surface area contributed by atoms with E-state index in [9.17, 15) is 5.11 Å². The number of ether oxygens (including phenoxy) is 1. The van der Waals surface area contributed by atoms with Crippen LogP contribution < -0.4 is 4.74 Å². The van der Waals surface area contributed by atoms with Crippen LogP contribution in [-0.4, -0.2) is 5.11 Å². The van der Waals surface area contributed by atoms with Crippen molar-refractivity contribution in [1.29, 1.82) is 0 Å². The van der Waals surface area contributed by atoms with E-state index in [0.717, 1.165) is 29.0 Å². The molecule has 0 unspecified atom stereocenters. The predicted octanol–water partition coefficient (Wildman–Crippen LogP) is 4.16. The van der Waals surface area contributed by atoms with Crippen molar-refractivity contribution in [1.82, 2.24) is 0 Å². The van der Waals surface area contributed by atoms with E-state index in [0.29, 0.717) is 0 Å². The Kier molecular flexibility index (Phi) is 3.75. The number of benzene rings is 2. The van der Waals surface area contributed by atoms with Crippen molar-refractivity contribution in [3.63, 3.8) is 0 Å². The SMILES string of the molecule is Cc1cc(Oc2ccc3c(c2)CCCC3)ccc1CO. The van der Waals surface area contributed by atoms with Crippen LogP contribution in [-0.2, 0) is 19.4 Å². The molecule has 0 saturated carbocycles. The van der Waals surface area contributed by atoms with Gasteiger partial charge in [-0.2, -0.15) is 0 Å². The van der Waals surface area contributed by atoms with Crippen molar-refractivity contribution in [2.24, 2.45) is 0 Å². The molecule has 0 aliphatic heterocycles. The molecule has 0 heterocycles. The summed E-state index contributed by atoms with van der Waals surface area (Å²) in [6, 6.07) is 12.2. The number of hydrogen-bond donors (Lipinski definition) is 1. The standard InChI is InChI=1S/C18H20O2/c1-13-10-17(9-7-16(13)12-19)20-18-8-6-14-4-2-3-5-15(14)11-18/h6-11,19H,2-5,12H2,1H3. The number of fused-ring (bicyclic) bond motifs is 1. The highest BCUT2D eigenvalue weighted by Crippen LogP contribution is 2.29. The molecule has 0 aromatic heterocycles. The third-order valence-corrected chi connectivity index (χ3v) is 4.04. The first-order valence-electron chi connectivity index (χ1n) is 7.26. The molecule has 0 spiro atoms. The van der Waals surface area contributed by atoms with Crippen LogP contribution in [0.25, 0.3) is 0 Å². The van der Waals surface area contributed by atoms with Gasteiger partial charge in [-0.15, -0.1) is 0 Å². The highest BCUT2D eigenvalue weighted by Gasteiger charge is 2.10. The van der Waals surface area contributed by atoms with Gasteiger partial charge in [-0.25, -0.2) is 0 Å². The lowest BCUT2D eigenvalue weighted by atomic mass is 9.92. The van der Waals surface area contributed by atoms with Crippen molar-refractivity contribution in [3.05, 3.63) is 58.7 Å². The van der Waals surface area contributed by atoms with Gasteiger partial charge in [0.2, 0.25) is 0 Å². The number of aliphatic hydroxyl groups is 1. The Balaban J connectivity index is 1.82. The molecule has 3 rings (SSSR count). The average Bonchev–Trinajstić information content (AvgIpc) is 2.47. The Labute approximate surface area is 120 Å². The van der Waals surface area contributed by atoms with Crippen LogP contribution in [0, 0.1) is 6.92 Å². The van der Waals surface area contributed by atoms with Gasteiger partial charge in [-0.3, -0.25) is 0 Å². The topological polar surface area (TPSA) is 29.5 Å². The maximum atomic E-state index is 9.19. The fourth-order valence-corrected chi connectivity index (χ4v) is 2.82. The number of aliphatic hydroxyl groups excluding tert-OH is 1. The molecule has 0 fully saturated rings. The smallest absolute Gasteiger partial charge is 0.127 e. The van der Waals surface area contributed by atoms with E-state index in [4.69, 9.17) is 4.74 Å². The van der Waals surface area contributed by atoms with Gasteiger partial charge >= 0.3 is 0 Å². The van der Waals surface area contributed by atoms with Crippen LogP contribution in [0.1, 0.15) is 35.1 Å². The molecule has 0 amide bonds. The van der Waals surface area contributed by atoms with Crippen LogP contribution in [0.2, 0.25) is 0 Å². The highest BCUT2D eigenvalue weighted by molar-refractivity contribution is 5.41. The van der Waals surface area contributed by atoms with Crippen LogP contribution in [0.4, 0.5) is 0 Å². The second-order valence-electron chi connectivity index (χ2n) is 5.49. The molecule has 2 nitrogen and oxygen atoms in total. The summed E-state index contributed by atoms with van der Waals surface area (Å²) >= 11 is 0. The van der Waals surface area contributed by atoms with Crippen LogP contribution in [0.3, 0.4) is 0 Å². The van der Waals surface area contributed by atoms with Gasteiger partial charge in [0.05, 0.1) is 6.61 Å². The minimum absolute atomic E-state index is 0.0744. The lowest BCUT2D eigenvalue weighted by molar-refractivity contribution is 0.281. The first-order valence-corrected chi connectivity index (χ1v) is 7.26. The van der Waals surface area contributed by atoms with Crippen LogP contribution in [0.5, 0.6) is 11.5 Å². The zero-order valence-corrected chi connectivity index (χ0v) is 11.9. The molecule has 0 atom stereocenters. The summed E-state index contributed by atoms with van der Waals surface area (Å²) in [6.07, 6.45) is 4.94. The van der Waals surface area contributed by atoms with Gasteiger partial charge in [0.15, 0.2) is 0 Å². The Morgan fingerprint density at radius 2 is 1.65 bits per heavy atom. The van der Waals surface area contributed by atoms with E-state index < -0.39 is 0 Å². The summed E-state index contributed by atoms with van der Waals surface area (Å²) in [7, 11) is 0. The molecule has 0 radical (unpaired) electrons. The summed E-state index contributed by atoms with van der Waals surface area (Å²) in [5.41, 5.74) is 4.90. The van der Waals surface area contributed by atoms with Gasteiger partial charge < -0.3 is 9.84 Å². The first kappa shape index (κ1) is 13.2. The van der Waals surface area contributed by atoms with E-state index in [1.807, 2.05) is 25.1 Å². The third-order valence-electron chi connectivity index (χ3n) is 4.04. The van der Waals surface area contributed by atoms with E-state index in [-0.39, 0.29) is 6.61 Å². The van der Waals surface area contributed by atoms with Crippen molar-refractivity contribution >= 4 is 0 Å². The molecule has 0 bridgehead atoms. The third kappa shape index (κ3) is 2.70. The summed E-state index contributed by atoms with van der Waals surface area (Å²) in [4.78, 5) is 0. The fraction of sp³-hybridized carbons (Fsp3) is 0.333. The molecule has 2 aromatic carbocycles. The molecule has 2 heteroatoms. The lowest BCUT2D eigenvalue weighted by Gasteiger charge is -2.17. The molecule has 2 aromatic rings. The van der Waals surface area contributed by atoms with Crippen molar-refractivity contribution < 1.29 is 9.84 Å². The normalized spacial score (nSPS) is 13.9. The Bertz CT molecular complexity index is 617. The number of hydrogen-bond acceptors (Lipinski definition) is 2. The summed E-state index contributed by atoms with van der Waals surface area (Å²) in [5.74, 6) is 1.73. The van der Waals surface area contributed by atoms with Gasteiger partial charge in [0.25, 0.3) is 0 Å². The number of rotatable bonds is 3. The van der Waals surface area contributed by atoms with Crippen LogP contribution in [0.15, 0.2) is 36.4 Å². The van der Waals surface area contributed by atoms with Gasteiger partial charge in [0.1, 0.15) is 11.5 Å².